The Bertz CT molecular complexity index is 3340. The predicted octanol–water partition coefficient (Wildman–Crippen LogP) is 9.64. The van der Waals surface area contributed by atoms with Gasteiger partial charge in [-0.2, -0.15) is 0 Å². The van der Waals surface area contributed by atoms with Crippen LogP contribution in [0.15, 0.2) is 152 Å². The lowest BCUT2D eigenvalue weighted by molar-refractivity contribution is 1.16. The van der Waals surface area contributed by atoms with Crippen LogP contribution < -0.4 is 16.4 Å². The van der Waals surface area contributed by atoms with Gasteiger partial charge in [0, 0.05) is 38.1 Å². The molecule has 0 bridgehead atoms. The number of benzene rings is 9. The largest absolute Gasteiger partial charge is 0.310 e. The highest BCUT2D eigenvalue weighted by atomic mass is 15.0. The molecule has 2 aliphatic rings. The highest BCUT2D eigenvalue weighted by Crippen LogP contribution is 2.45. The van der Waals surface area contributed by atoms with Gasteiger partial charge in [-0.1, -0.05) is 133 Å². The molecule has 0 fully saturated rings. The predicted molar refractivity (Wildman–Crippen MR) is 210 cm³/mol. The van der Waals surface area contributed by atoms with Gasteiger partial charge in [0.2, 0.25) is 0 Å². The van der Waals surface area contributed by atoms with Crippen molar-refractivity contribution in [1.29, 1.82) is 0 Å². The summed E-state index contributed by atoms with van der Waals surface area (Å²) < 4.78 is 5.24. The molecule has 2 aliphatic heterocycles. The van der Waals surface area contributed by atoms with E-state index in [2.05, 4.69) is 161 Å². The molecule has 0 radical (unpaired) electrons. The van der Waals surface area contributed by atoms with Crippen LogP contribution in [-0.4, -0.2) is 15.8 Å². The van der Waals surface area contributed by atoms with Gasteiger partial charge in [0.25, 0.3) is 6.71 Å². The zero-order chi connectivity index (χ0) is 31.5. The van der Waals surface area contributed by atoms with Crippen molar-refractivity contribution in [3.8, 4) is 11.4 Å². The highest BCUT2D eigenvalue weighted by molar-refractivity contribution is 7.00. The Morgan fingerprint density at radius 2 is 0.939 bits per heavy atom. The zero-order valence-electron chi connectivity index (χ0n) is 26.4. The van der Waals surface area contributed by atoms with E-state index in [0.717, 1.165) is 0 Å². The first kappa shape index (κ1) is 24.8. The van der Waals surface area contributed by atoms with Crippen LogP contribution in [0, 0.1) is 0 Å². The fourth-order valence-electron chi connectivity index (χ4n) is 10.00. The Balaban J connectivity index is 1.35. The summed E-state index contributed by atoms with van der Waals surface area (Å²) in [7, 11) is 0. The molecule has 9 aromatic carbocycles. The van der Waals surface area contributed by atoms with Gasteiger partial charge in [-0.05, 0) is 72.3 Å². The minimum Gasteiger partial charge on any atom is -0.310 e. The molecule has 2 nitrogen and oxygen atoms in total. The van der Waals surface area contributed by atoms with Crippen molar-refractivity contribution >= 4 is 110 Å². The van der Waals surface area contributed by atoms with E-state index in [1.165, 1.54) is 114 Å². The van der Waals surface area contributed by atoms with Crippen LogP contribution >= 0.6 is 0 Å². The van der Waals surface area contributed by atoms with Crippen LogP contribution in [0.4, 0.5) is 0 Å². The molecule has 0 N–H and O–H groups in total. The van der Waals surface area contributed by atoms with E-state index in [0.29, 0.717) is 0 Å². The number of hydrogen-bond acceptors (Lipinski definition) is 0. The fraction of sp³-hybridized carbons (Fsp3) is 0. The second-order valence-electron chi connectivity index (χ2n) is 14.0. The van der Waals surface area contributed by atoms with E-state index < -0.39 is 0 Å². The summed E-state index contributed by atoms with van der Waals surface area (Å²) >= 11 is 0. The van der Waals surface area contributed by atoms with Gasteiger partial charge >= 0.3 is 0 Å². The second-order valence-corrected chi connectivity index (χ2v) is 14.0. The minimum atomic E-state index is 0.0940. The molecule has 0 saturated heterocycles. The summed E-state index contributed by atoms with van der Waals surface area (Å²) in [5.41, 5.74) is 12.0. The smallest absolute Gasteiger partial charge is 0.252 e. The molecule has 4 heterocycles. The van der Waals surface area contributed by atoms with E-state index in [1.54, 1.807) is 0 Å². The summed E-state index contributed by atoms with van der Waals surface area (Å²) in [4.78, 5) is 0. The maximum Gasteiger partial charge on any atom is 0.252 e. The van der Waals surface area contributed by atoms with Crippen molar-refractivity contribution in [2.45, 2.75) is 0 Å². The van der Waals surface area contributed by atoms with Crippen LogP contribution in [0.25, 0.3) is 98.1 Å². The number of para-hydroxylation sites is 1. The van der Waals surface area contributed by atoms with E-state index in [1.807, 2.05) is 0 Å². The first-order chi connectivity index (χ1) is 24.3. The number of aromatic nitrogens is 2. The van der Waals surface area contributed by atoms with Crippen molar-refractivity contribution in [2.75, 3.05) is 0 Å². The molecular weight excluding hydrogens is 591 g/mol. The normalized spacial score (nSPS) is 13.3. The molecule has 3 heteroatoms. The van der Waals surface area contributed by atoms with Gasteiger partial charge in [0.05, 0.1) is 22.2 Å². The maximum atomic E-state index is 2.64. The van der Waals surface area contributed by atoms with E-state index >= 15 is 0 Å². The molecule has 0 aliphatic carbocycles. The third-order valence-electron chi connectivity index (χ3n) is 11.8. The molecule has 0 saturated carbocycles. The van der Waals surface area contributed by atoms with Crippen molar-refractivity contribution in [3.05, 3.63) is 152 Å². The molecular formula is C46H25BN2. The third-order valence-corrected chi connectivity index (χ3v) is 11.8. The van der Waals surface area contributed by atoms with E-state index in [9.17, 15) is 0 Å². The van der Waals surface area contributed by atoms with Gasteiger partial charge < -0.3 is 9.13 Å². The van der Waals surface area contributed by atoms with Crippen LogP contribution in [-0.2, 0) is 0 Å². The van der Waals surface area contributed by atoms with Gasteiger partial charge in [-0.3, -0.25) is 0 Å². The summed E-state index contributed by atoms with van der Waals surface area (Å²) in [5, 5.41) is 15.8. The average Bonchev–Trinajstić information content (AvgIpc) is 3.70. The topological polar surface area (TPSA) is 9.86 Å². The summed E-state index contributed by atoms with van der Waals surface area (Å²) in [6.07, 6.45) is 0. The fourth-order valence-corrected chi connectivity index (χ4v) is 10.00. The number of rotatable bonds is 0. The second kappa shape index (κ2) is 8.39. The zero-order valence-corrected chi connectivity index (χ0v) is 26.4. The van der Waals surface area contributed by atoms with Crippen molar-refractivity contribution < 1.29 is 0 Å². The van der Waals surface area contributed by atoms with Crippen LogP contribution in [0.3, 0.4) is 0 Å². The first-order valence-corrected chi connectivity index (χ1v) is 17.2. The summed E-state index contributed by atoms with van der Waals surface area (Å²) in [5.74, 6) is 0. The number of nitrogens with zero attached hydrogens (tertiary/aromatic N) is 2. The average molecular weight is 617 g/mol. The molecule has 0 atom stereocenters. The minimum absolute atomic E-state index is 0.0940. The molecule has 0 amide bonds. The molecule has 11 aromatic rings. The lowest BCUT2D eigenvalue weighted by Crippen LogP contribution is -2.59. The lowest BCUT2D eigenvalue weighted by Gasteiger charge is -2.34. The third kappa shape index (κ3) is 2.78. The van der Waals surface area contributed by atoms with Crippen LogP contribution in [0.5, 0.6) is 0 Å². The molecule has 13 rings (SSSR count). The van der Waals surface area contributed by atoms with Gasteiger partial charge in [0.1, 0.15) is 0 Å². The molecule has 222 valence electrons. The monoisotopic (exact) mass is 616 g/mol. The van der Waals surface area contributed by atoms with Crippen LogP contribution in [0.1, 0.15) is 0 Å². The van der Waals surface area contributed by atoms with Crippen molar-refractivity contribution in [3.63, 3.8) is 0 Å². The molecule has 2 aromatic heterocycles. The van der Waals surface area contributed by atoms with Crippen molar-refractivity contribution in [1.82, 2.24) is 9.13 Å². The van der Waals surface area contributed by atoms with Gasteiger partial charge in [-0.15, -0.1) is 0 Å². The Morgan fingerprint density at radius 1 is 0.367 bits per heavy atom. The summed E-state index contributed by atoms with van der Waals surface area (Å²) in [6.45, 7) is 0.0940. The standard InChI is InChI=1S/C46H25BN2/c1-5-14-30-26(10-1)20-22-37-40(30)34-18-9-19-35-44(34)48(37)39-25-29-13-4-8-17-33(29)45-43(39)47(35)36-24-28-12-3-7-16-32(28)42-41-31-15-6-2-11-27(31)21-23-38(41)49(45)46(36)42/h1-25H. The number of fused-ring (bicyclic) bond motifs is 18. The van der Waals surface area contributed by atoms with Gasteiger partial charge in [0.15, 0.2) is 0 Å². The first-order valence-electron chi connectivity index (χ1n) is 17.2. The molecule has 49 heavy (non-hydrogen) atoms. The Kier molecular flexibility index (Phi) is 4.25. The van der Waals surface area contributed by atoms with E-state index in [4.69, 9.17) is 0 Å². The highest BCUT2D eigenvalue weighted by Gasteiger charge is 2.42. The van der Waals surface area contributed by atoms with Crippen LogP contribution in [0.2, 0.25) is 0 Å². The Hall–Kier alpha value is -6.32. The Labute approximate surface area is 281 Å². The molecule has 0 unspecified atom stereocenters. The summed E-state index contributed by atoms with van der Waals surface area (Å²) in [6, 6.07) is 57.2. The van der Waals surface area contributed by atoms with Crippen molar-refractivity contribution in [2.24, 2.45) is 0 Å². The lowest BCUT2D eigenvalue weighted by atomic mass is 9.34. The van der Waals surface area contributed by atoms with Gasteiger partial charge in [-0.25, -0.2) is 0 Å². The van der Waals surface area contributed by atoms with E-state index in [-0.39, 0.29) is 6.71 Å². The number of hydrogen-bond donors (Lipinski definition) is 0. The maximum absolute atomic E-state index is 2.64. The quantitative estimate of drug-likeness (QED) is 0.150. The SMILES string of the molecule is c1ccc2c3c4c(cc2c1)-n1c2ccc5ccccc5c2c2cccc(c21)B4c1cc2ccccc2c2c4c5ccccc5ccc4n-3c12. The Morgan fingerprint density at radius 3 is 1.67 bits per heavy atom. The molecule has 0 spiro atoms.